The van der Waals surface area contributed by atoms with Crippen molar-refractivity contribution < 1.29 is 23.1 Å². The molecule has 1 fully saturated rings. The molecular formula is C12H18N2O5S2. The van der Waals surface area contributed by atoms with E-state index in [4.69, 9.17) is 9.84 Å². The van der Waals surface area contributed by atoms with Crippen molar-refractivity contribution >= 4 is 27.6 Å². The fourth-order valence-electron chi connectivity index (χ4n) is 2.41. The second-order valence-electron chi connectivity index (χ2n) is 5.34. The highest BCUT2D eigenvalue weighted by Crippen LogP contribution is 2.34. The number of methoxy groups -OCH3 is 1. The molecule has 7 nitrogen and oxygen atoms in total. The van der Waals surface area contributed by atoms with Crippen molar-refractivity contribution in [3.63, 3.8) is 0 Å². The standard InChI is InChI=1S/C12H18N2O5S2/c1-12(3-4-21(17,18)8-12)14-10(20-7-11(15)16)5-9(13-14)6-19-2/h5H,3-4,6-8H2,1-2H3,(H,15,16). The van der Waals surface area contributed by atoms with E-state index in [-0.39, 0.29) is 17.3 Å². The Morgan fingerprint density at radius 1 is 1.62 bits per heavy atom. The first kappa shape index (κ1) is 16.3. The van der Waals surface area contributed by atoms with Crippen molar-refractivity contribution in [2.45, 2.75) is 30.5 Å². The Hall–Kier alpha value is -1.06. The molecule has 0 spiro atoms. The lowest BCUT2D eigenvalue weighted by Gasteiger charge is -2.25. The predicted octanol–water partition coefficient (Wildman–Crippen LogP) is 0.740. The summed E-state index contributed by atoms with van der Waals surface area (Å²) in [4.78, 5) is 10.7. The first-order chi connectivity index (χ1) is 9.76. The van der Waals surface area contributed by atoms with Crippen molar-refractivity contribution in [3.05, 3.63) is 11.8 Å². The van der Waals surface area contributed by atoms with Gasteiger partial charge in [0.2, 0.25) is 0 Å². The van der Waals surface area contributed by atoms with Gasteiger partial charge in [-0.1, -0.05) is 11.8 Å². The van der Waals surface area contributed by atoms with Gasteiger partial charge in [0.1, 0.15) is 0 Å². The molecule has 0 aliphatic carbocycles. The lowest BCUT2D eigenvalue weighted by molar-refractivity contribution is -0.133. The van der Waals surface area contributed by atoms with Gasteiger partial charge in [-0.05, 0) is 19.4 Å². The highest BCUT2D eigenvalue weighted by atomic mass is 32.2. The van der Waals surface area contributed by atoms with E-state index >= 15 is 0 Å². The third-order valence-electron chi connectivity index (χ3n) is 3.36. The van der Waals surface area contributed by atoms with Crippen LogP contribution >= 0.6 is 11.8 Å². The molecule has 2 heterocycles. The number of hydrogen-bond acceptors (Lipinski definition) is 6. The van der Waals surface area contributed by atoms with E-state index in [9.17, 15) is 13.2 Å². The van der Waals surface area contributed by atoms with Gasteiger partial charge >= 0.3 is 5.97 Å². The Labute approximate surface area is 127 Å². The van der Waals surface area contributed by atoms with Gasteiger partial charge in [0.15, 0.2) is 9.84 Å². The van der Waals surface area contributed by atoms with Gasteiger partial charge in [-0.2, -0.15) is 5.10 Å². The molecule has 1 aromatic rings. The summed E-state index contributed by atoms with van der Waals surface area (Å²) in [7, 11) is -1.52. The van der Waals surface area contributed by atoms with Crippen LogP contribution in [0.3, 0.4) is 0 Å². The van der Waals surface area contributed by atoms with Gasteiger partial charge in [0.25, 0.3) is 0 Å². The summed E-state index contributed by atoms with van der Waals surface area (Å²) in [5, 5.41) is 13.9. The van der Waals surface area contributed by atoms with Crippen molar-refractivity contribution in [2.24, 2.45) is 0 Å². The maximum atomic E-state index is 11.8. The first-order valence-electron chi connectivity index (χ1n) is 6.39. The van der Waals surface area contributed by atoms with Crippen molar-refractivity contribution in [1.29, 1.82) is 0 Å². The molecule has 0 bridgehead atoms. The summed E-state index contributed by atoms with van der Waals surface area (Å²) in [6.45, 7) is 2.14. The van der Waals surface area contributed by atoms with Crippen LogP contribution in [0.15, 0.2) is 11.1 Å². The molecular weight excluding hydrogens is 316 g/mol. The summed E-state index contributed by atoms with van der Waals surface area (Å²) in [5.74, 6) is -0.868. The van der Waals surface area contributed by atoms with Gasteiger partial charge in [0.05, 0.1) is 40.1 Å². The van der Waals surface area contributed by atoms with Crippen LogP contribution in [0.1, 0.15) is 19.0 Å². The van der Waals surface area contributed by atoms with Crippen molar-refractivity contribution in [3.8, 4) is 0 Å². The van der Waals surface area contributed by atoms with Crippen LogP contribution in [0, 0.1) is 0 Å². The molecule has 2 rings (SSSR count). The van der Waals surface area contributed by atoms with E-state index in [1.807, 2.05) is 6.92 Å². The lowest BCUT2D eigenvalue weighted by atomic mass is 10.0. The second kappa shape index (κ2) is 5.98. The summed E-state index contributed by atoms with van der Waals surface area (Å²) in [6.07, 6.45) is 0.476. The Balaban J connectivity index is 2.34. The minimum Gasteiger partial charge on any atom is -0.481 e. The van der Waals surface area contributed by atoms with Crippen LogP contribution in [0.25, 0.3) is 0 Å². The monoisotopic (exact) mass is 334 g/mol. The SMILES string of the molecule is COCc1cc(SCC(=O)O)n(C2(C)CCS(=O)(=O)C2)n1. The Kier molecular flexibility index (Phi) is 4.64. The number of carboxylic acids is 1. The molecule has 1 saturated heterocycles. The summed E-state index contributed by atoms with van der Waals surface area (Å²) < 4.78 is 30.2. The molecule has 21 heavy (non-hydrogen) atoms. The largest absolute Gasteiger partial charge is 0.481 e. The van der Waals surface area contributed by atoms with E-state index in [1.54, 1.807) is 17.9 Å². The van der Waals surface area contributed by atoms with E-state index in [0.717, 1.165) is 11.8 Å². The van der Waals surface area contributed by atoms with Crippen molar-refractivity contribution in [1.82, 2.24) is 9.78 Å². The molecule has 1 aliphatic heterocycles. The zero-order chi connectivity index (χ0) is 15.7. The molecule has 1 N–H and O–H groups in total. The molecule has 0 aromatic carbocycles. The smallest absolute Gasteiger partial charge is 0.313 e. The molecule has 1 atom stereocenters. The van der Waals surface area contributed by atoms with E-state index in [1.165, 1.54) is 0 Å². The molecule has 9 heteroatoms. The van der Waals surface area contributed by atoms with Crippen LogP contribution in [-0.2, 0) is 31.5 Å². The molecule has 0 amide bonds. The third kappa shape index (κ3) is 3.78. The average molecular weight is 334 g/mol. The van der Waals surface area contributed by atoms with Gasteiger partial charge in [0, 0.05) is 7.11 Å². The number of carboxylic acid groups (broad SMARTS) is 1. The number of hydrogen-bond donors (Lipinski definition) is 1. The molecule has 1 aromatic heterocycles. The van der Waals surface area contributed by atoms with Gasteiger partial charge < -0.3 is 9.84 Å². The minimum absolute atomic E-state index is 0.0226. The van der Waals surface area contributed by atoms with Crippen LogP contribution in [-0.4, -0.2) is 53.6 Å². The number of thioether (sulfide) groups is 1. The number of nitrogens with zero attached hydrogens (tertiary/aromatic N) is 2. The highest BCUT2D eigenvalue weighted by Gasteiger charge is 2.42. The topological polar surface area (TPSA) is 98.5 Å². The average Bonchev–Trinajstić information content (AvgIpc) is 2.90. The van der Waals surface area contributed by atoms with E-state index in [2.05, 4.69) is 5.10 Å². The number of ether oxygens (including phenoxy) is 1. The minimum atomic E-state index is -3.07. The Morgan fingerprint density at radius 2 is 2.33 bits per heavy atom. The fraction of sp³-hybridized carbons (Fsp3) is 0.667. The highest BCUT2D eigenvalue weighted by molar-refractivity contribution is 7.99. The van der Waals surface area contributed by atoms with Crippen LogP contribution in [0.2, 0.25) is 0 Å². The van der Waals surface area contributed by atoms with Crippen LogP contribution in [0.5, 0.6) is 0 Å². The second-order valence-corrected chi connectivity index (χ2v) is 8.52. The fourth-order valence-corrected chi connectivity index (χ4v) is 5.40. The van der Waals surface area contributed by atoms with Gasteiger partial charge in [-0.25, -0.2) is 8.42 Å². The number of rotatable bonds is 6. The Morgan fingerprint density at radius 3 is 2.86 bits per heavy atom. The van der Waals surface area contributed by atoms with Gasteiger partial charge in [-0.3, -0.25) is 9.48 Å². The zero-order valence-electron chi connectivity index (χ0n) is 11.9. The molecule has 0 radical (unpaired) electrons. The van der Waals surface area contributed by atoms with Crippen LogP contribution < -0.4 is 0 Å². The van der Waals surface area contributed by atoms with Gasteiger partial charge in [-0.15, -0.1) is 0 Å². The van der Waals surface area contributed by atoms with Crippen LogP contribution in [0.4, 0.5) is 0 Å². The third-order valence-corrected chi connectivity index (χ3v) is 6.22. The maximum absolute atomic E-state index is 11.8. The number of aromatic nitrogens is 2. The summed E-state index contributed by atoms with van der Waals surface area (Å²) >= 11 is 1.14. The van der Waals surface area contributed by atoms with Crippen molar-refractivity contribution in [2.75, 3.05) is 24.4 Å². The summed E-state index contributed by atoms with van der Waals surface area (Å²) in [5.41, 5.74) is 0.0296. The number of aliphatic carboxylic acids is 1. The number of sulfone groups is 1. The first-order valence-corrected chi connectivity index (χ1v) is 9.20. The maximum Gasteiger partial charge on any atom is 0.313 e. The quantitative estimate of drug-likeness (QED) is 0.766. The zero-order valence-corrected chi connectivity index (χ0v) is 13.5. The molecule has 1 aliphatic rings. The van der Waals surface area contributed by atoms with E-state index < -0.39 is 21.3 Å². The lowest BCUT2D eigenvalue weighted by Crippen LogP contribution is -2.33. The Bertz CT molecular complexity index is 640. The molecule has 1 unspecified atom stereocenters. The molecule has 0 saturated carbocycles. The summed E-state index contributed by atoms with van der Waals surface area (Å²) in [6, 6.07) is 1.76. The normalized spacial score (nSPS) is 24.3. The molecule has 118 valence electrons. The van der Waals surface area contributed by atoms with E-state index in [0.29, 0.717) is 23.7 Å². The number of carbonyl (C=O) groups is 1. The predicted molar refractivity (Wildman–Crippen MR) is 78.2 cm³/mol.